The molecule has 0 aliphatic heterocycles. The van der Waals surface area contributed by atoms with Gasteiger partial charge in [-0.1, -0.05) is 0 Å². The highest BCUT2D eigenvalue weighted by atomic mass is 16.1. The number of carbonyl (C=O) groups is 1. The third-order valence-electron chi connectivity index (χ3n) is 1.82. The Morgan fingerprint density at radius 2 is 2.33 bits per heavy atom. The van der Waals surface area contributed by atoms with Crippen molar-refractivity contribution >= 4 is 12.1 Å². The van der Waals surface area contributed by atoms with Gasteiger partial charge in [-0.25, -0.2) is 9.78 Å². The second-order valence-electron chi connectivity index (χ2n) is 2.82. The number of nitrogens with zero attached hydrogens (tertiary/aromatic N) is 2. The lowest BCUT2D eigenvalue weighted by Crippen LogP contribution is -2.17. The Balaban J connectivity index is 2.29. The second-order valence-corrected chi connectivity index (χ2v) is 2.82. The SMILES string of the molecule is O=Cc1cccn1Nc1ccnc(=O)[nH]1. The lowest BCUT2D eigenvalue weighted by molar-refractivity contribution is 0.111. The summed E-state index contributed by atoms with van der Waals surface area (Å²) in [7, 11) is 0. The quantitative estimate of drug-likeness (QED) is 0.703. The van der Waals surface area contributed by atoms with E-state index in [1.165, 1.54) is 10.9 Å². The van der Waals surface area contributed by atoms with Gasteiger partial charge in [0.1, 0.15) is 11.5 Å². The first-order valence-corrected chi connectivity index (χ1v) is 4.24. The predicted octanol–water partition coefficient (Wildman–Crippen LogP) is 0.259. The molecule has 2 rings (SSSR count). The molecular formula is C9H8N4O2. The summed E-state index contributed by atoms with van der Waals surface area (Å²) in [6.07, 6.45) is 3.76. The number of aromatic nitrogens is 3. The Labute approximate surface area is 84.6 Å². The highest BCUT2D eigenvalue weighted by Crippen LogP contribution is 2.01. The van der Waals surface area contributed by atoms with Crippen molar-refractivity contribution in [2.45, 2.75) is 0 Å². The first-order valence-electron chi connectivity index (χ1n) is 4.24. The molecular weight excluding hydrogens is 196 g/mol. The minimum atomic E-state index is -0.445. The topological polar surface area (TPSA) is 79.8 Å². The van der Waals surface area contributed by atoms with Gasteiger partial charge in [-0.05, 0) is 18.2 Å². The van der Waals surface area contributed by atoms with Gasteiger partial charge in [0, 0.05) is 12.4 Å². The summed E-state index contributed by atoms with van der Waals surface area (Å²) >= 11 is 0. The normalized spacial score (nSPS) is 9.87. The Morgan fingerprint density at radius 3 is 3.07 bits per heavy atom. The molecule has 76 valence electrons. The van der Waals surface area contributed by atoms with Crippen LogP contribution < -0.4 is 11.1 Å². The molecule has 6 nitrogen and oxygen atoms in total. The van der Waals surface area contributed by atoms with E-state index in [0.29, 0.717) is 17.8 Å². The molecule has 0 fully saturated rings. The Hall–Kier alpha value is -2.37. The van der Waals surface area contributed by atoms with Gasteiger partial charge in [0.2, 0.25) is 0 Å². The van der Waals surface area contributed by atoms with Crippen molar-refractivity contribution < 1.29 is 4.79 Å². The molecule has 0 atom stereocenters. The summed E-state index contributed by atoms with van der Waals surface area (Å²) in [6, 6.07) is 4.96. The summed E-state index contributed by atoms with van der Waals surface area (Å²) < 4.78 is 1.50. The highest BCUT2D eigenvalue weighted by molar-refractivity contribution is 5.72. The Kier molecular flexibility index (Phi) is 2.32. The molecule has 0 bridgehead atoms. The van der Waals surface area contributed by atoms with Crippen LogP contribution in [0.5, 0.6) is 0 Å². The summed E-state index contributed by atoms with van der Waals surface area (Å²) in [6.45, 7) is 0. The van der Waals surface area contributed by atoms with Gasteiger partial charge in [0.15, 0.2) is 6.29 Å². The molecule has 0 aliphatic rings. The van der Waals surface area contributed by atoms with Crippen LogP contribution in [0.15, 0.2) is 35.4 Å². The minimum absolute atomic E-state index is 0.445. The number of hydrogen-bond donors (Lipinski definition) is 2. The number of nitrogens with one attached hydrogen (secondary N) is 2. The molecule has 0 radical (unpaired) electrons. The largest absolute Gasteiger partial charge is 0.346 e. The van der Waals surface area contributed by atoms with Crippen molar-refractivity contribution in [1.82, 2.24) is 14.6 Å². The third kappa shape index (κ3) is 1.93. The Morgan fingerprint density at radius 1 is 1.47 bits per heavy atom. The molecule has 15 heavy (non-hydrogen) atoms. The van der Waals surface area contributed by atoms with Crippen LogP contribution in [0.3, 0.4) is 0 Å². The molecule has 0 spiro atoms. The number of H-pyrrole nitrogens is 1. The maximum Gasteiger partial charge on any atom is 0.346 e. The molecule has 0 unspecified atom stereocenters. The first kappa shape index (κ1) is 9.20. The minimum Gasteiger partial charge on any atom is -0.296 e. The van der Waals surface area contributed by atoms with E-state index < -0.39 is 5.69 Å². The van der Waals surface area contributed by atoms with Gasteiger partial charge in [-0.3, -0.25) is 19.9 Å². The van der Waals surface area contributed by atoms with Crippen LogP contribution in [0.25, 0.3) is 0 Å². The van der Waals surface area contributed by atoms with Crippen LogP contribution in [0.4, 0.5) is 5.82 Å². The molecule has 0 amide bonds. The van der Waals surface area contributed by atoms with Gasteiger partial charge in [0.25, 0.3) is 0 Å². The summed E-state index contributed by atoms with van der Waals surface area (Å²) in [5, 5.41) is 0. The van der Waals surface area contributed by atoms with E-state index in [1.54, 1.807) is 24.4 Å². The van der Waals surface area contributed by atoms with E-state index >= 15 is 0 Å². The number of anilines is 1. The van der Waals surface area contributed by atoms with E-state index in [0.717, 1.165) is 0 Å². The molecule has 0 aliphatic carbocycles. The molecule has 0 saturated carbocycles. The van der Waals surface area contributed by atoms with Gasteiger partial charge in [-0.2, -0.15) is 0 Å². The van der Waals surface area contributed by atoms with Crippen molar-refractivity contribution in [2.24, 2.45) is 0 Å². The van der Waals surface area contributed by atoms with Crippen molar-refractivity contribution in [3.05, 3.63) is 46.8 Å². The smallest absolute Gasteiger partial charge is 0.296 e. The zero-order valence-electron chi connectivity index (χ0n) is 7.68. The highest BCUT2D eigenvalue weighted by Gasteiger charge is 1.99. The molecule has 0 saturated heterocycles. The number of hydrogen-bond acceptors (Lipinski definition) is 4. The van der Waals surface area contributed by atoms with Crippen LogP contribution in [0.1, 0.15) is 10.5 Å². The maximum atomic E-state index is 10.9. The van der Waals surface area contributed by atoms with Crippen molar-refractivity contribution in [1.29, 1.82) is 0 Å². The van der Waals surface area contributed by atoms with Gasteiger partial charge < -0.3 is 0 Å². The zero-order chi connectivity index (χ0) is 10.7. The Bertz CT molecular complexity index is 529. The van der Waals surface area contributed by atoms with E-state index in [2.05, 4.69) is 15.4 Å². The number of aromatic amines is 1. The number of carbonyl (C=O) groups excluding carboxylic acids is 1. The van der Waals surface area contributed by atoms with Crippen molar-refractivity contribution in [3.8, 4) is 0 Å². The predicted molar refractivity (Wildman–Crippen MR) is 53.7 cm³/mol. The summed E-state index contributed by atoms with van der Waals surface area (Å²) in [4.78, 5) is 27.5. The zero-order valence-corrected chi connectivity index (χ0v) is 7.68. The van der Waals surface area contributed by atoms with E-state index in [9.17, 15) is 9.59 Å². The summed E-state index contributed by atoms with van der Waals surface area (Å²) in [5.41, 5.74) is 2.85. The fraction of sp³-hybridized carbons (Fsp3) is 0. The molecule has 2 N–H and O–H groups in total. The van der Waals surface area contributed by atoms with E-state index in [-0.39, 0.29) is 0 Å². The molecule has 6 heteroatoms. The molecule has 2 aromatic heterocycles. The monoisotopic (exact) mass is 204 g/mol. The second kappa shape index (κ2) is 3.79. The molecule has 2 heterocycles. The molecule has 0 aromatic carbocycles. The number of aldehydes is 1. The maximum absolute atomic E-state index is 10.9. The van der Waals surface area contributed by atoms with Crippen LogP contribution in [0, 0.1) is 0 Å². The standard InChI is InChI=1S/C9H8N4O2/c14-6-7-2-1-5-13(7)12-8-3-4-10-9(15)11-8/h1-6H,(H2,10,11,12,15). The van der Waals surface area contributed by atoms with Crippen molar-refractivity contribution in [3.63, 3.8) is 0 Å². The van der Waals surface area contributed by atoms with Gasteiger partial charge in [0.05, 0.1) is 0 Å². The third-order valence-corrected chi connectivity index (χ3v) is 1.82. The number of rotatable bonds is 3. The first-order chi connectivity index (χ1) is 7.29. The van der Waals surface area contributed by atoms with Crippen LogP contribution >= 0.6 is 0 Å². The summed E-state index contributed by atoms with van der Waals surface area (Å²) in [5.74, 6) is 0.467. The van der Waals surface area contributed by atoms with Crippen LogP contribution in [-0.4, -0.2) is 20.9 Å². The average molecular weight is 204 g/mol. The fourth-order valence-electron chi connectivity index (χ4n) is 1.16. The average Bonchev–Trinajstić information content (AvgIpc) is 2.65. The van der Waals surface area contributed by atoms with Gasteiger partial charge in [-0.15, -0.1) is 0 Å². The van der Waals surface area contributed by atoms with Crippen LogP contribution in [-0.2, 0) is 0 Å². The molecule has 2 aromatic rings. The fourth-order valence-corrected chi connectivity index (χ4v) is 1.16. The lowest BCUT2D eigenvalue weighted by Gasteiger charge is -2.07. The van der Waals surface area contributed by atoms with Crippen molar-refractivity contribution in [2.75, 3.05) is 5.43 Å². The van der Waals surface area contributed by atoms with E-state index in [4.69, 9.17) is 0 Å². The van der Waals surface area contributed by atoms with Crippen LogP contribution in [0.2, 0.25) is 0 Å². The van der Waals surface area contributed by atoms with E-state index in [1.807, 2.05) is 0 Å². The van der Waals surface area contributed by atoms with Gasteiger partial charge >= 0.3 is 5.69 Å². The lowest BCUT2D eigenvalue weighted by atomic mass is 10.5.